The minimum atomic E-state index is 0.00595. The minimum Gasteiger partial charge on any atom is -0.368 e. The molecule has 4 aromatic rings. The fourth-order valence-corrected chi connectivity index (χ4v) is 4.98. The van der Waals surface area contributed by atoms with E-state index in [4.69, 9.17) is 28.2 Å². The van der Waals surface area contributed by atoms with Gasteiger partial charge in [-0.25, -0.2) is 4.98 Å². The summed E-state index contributed by atoms with van der Waals surface area (Å²) in [6, 6.07) is 21.6. The molecular formula is C28H25Cl2N3O. The molecule has 172 valence electrons. The third-order valence-electron chi connectivity index (χ3n) is 6.40. The lowest BCUT2D eigenvalue weighted by molar-refractivity contribution is 0.0748. The quantitative estimate of drug-likeness (QED) is 0.317. The zero-order valence-corrected chi connectivity index (χ0v) is 20.7. The number of aromatic nitrogens is 1. The standard InChI is InChI=1S/C28H25Cl2N3O/c1-18-6-8-23(19(2)14-18)27-17-25(24-16-21(30)7-9-26(24)31-27)28(34)33-12-10-32(11-13-33)22-5-3-4-20(29)15-22/h3-9,14-17H,10-13H2,1-2H3. The van der Waals surface area contributed by atoms with Crippen molar-refractivity contribution in [2.24, 2.45) is 0 Å². The number of rotatable bonds is 3. The third kappa shape index (κ3) is 4.48. The highest BCUT2D eigenvalue weighted by atomic mass is 35.5. The second-order valence-corrected chi connectivity index (χ2v) is 9.67. The largest absolute Gasteiger partial charge is 0.368 e. The lowest BCUT2D eigenvalue weighted by Crippen LogP contribution is -2.48. The molecule has 0 aliphatic carbocycles. The van der Waals surface area contributed by atoms with Gasteiger partial charge in [-0.05, 0) is 61.9 Å². The van der Waals surface area contributed by atoms with Gasteiger partial charge in [0.1, 0.15) is 0 Å². The maximum atomic E-state index is 13.8. The van der Waals surface area contributed by atoms with Gasteiger partial charge in [-0.2, -0.15) is 0 Å². The lowest BCUT2D eigenvalue weighted by atomic mass is 9.99. The Balaban J connectivity index is 1.48. The lowest BCUT2D eigenvalue weighted by Gasteiger charge is -2.36. The highest BCUT2D eigenvalue weighted by molar-refractivity contribution is 6.31. The molecule has 0 radical (unpaired) electrons. The van der Waals surface area contributed by atoms with Gasteiger partial charge in [0, 0.05) is 52.9 Å². The fourth-order valence-electron chi connectivity index (χ4n) is 4.62. The maximum absolute atomic E-state index is 13.8. The van der Waals surface area contributed by atoms with Crippen molar-refractivity contribution >= 4 is 45.7 Å². The van der Waals surface area contributed by atoms with Crippen LogP contribution in [0.25, 0.3) is 22.2 Å². The topological polar surface area (TPSA) is 36.4 Å². The molecule has 0 spiro atoms. The number of nitrogens with zero attached hydrogens (tertiary/aromatic N) is 3. The molecule has 0 N–H and O–H groups in total. The number of carbonyl (C=O) groups is 1. The summed E-state index contributed by atoms with van der Waals surface area (Å²) in [5, 5.41) is 2.09. The summed E-state index contributed by atoms with van der Waals surface area (Å²) < 4.78 is 0. The van der Waals surface area contributed by atoms with Crippen LogP contribution in [0.15, 0.2) is 66.7 Å². The molecular weight excluding hydrogens is 465 g/mol. The van der Waals surface area contributed by atoms with Gasteiger partial charge in [0.15, 0.2) is 0 Å². The van der Waals surface area contributed by atoms with E-state index in [0.29, 0.717) is 23.7 Å². The van der Waals surface area contributed by atoms with Crippen LogP contribution in [-0.2, 0) is 0 Å². The van der Waals surface area contributed by atoms with Crippen LogP contribution in [0, 0.1) is 13.8 Å². The molecule has 34 heavy (non-hydrogen) atoms. The SMILES string of the molecule is Cc1ccc(-c2cc(C(=O)N3CCN(c4cccc(Cl)c4)CC3)c3cc(Cl)ccc3n2)c(C)c1. The monoisotopic (exact) mass is 489 g/mol. The highest BCUT2D eigenvalue weighted by Gasteiger charge is 2.25. The number of hydrogen-bond acceptors (Lipinski definition) is 3. The van der Waals surface area contributed by atoms with Gasteiger partial charge in [-0.3, -0.25) is 4.79 Å². The molecule has 5 rings (SSSR count). The molecule has 6 heteroatoms. The van der Waals surface area contributed by atoms with E-state index in [2.05, 4.69) is 43.0 Å². The summed E-state index contributed by atoms with van der Waals surface area (Å²) in [6.45, 7) is 6.92. The molecule has 2 heterocycles. The van der Waals surface area contributed by atoms with E-state index < -0.39 is 0 Å². The molecule has 0 unspecified atom stereocenters. The predicted molar refractivity (Wildman–Crippen MR) is 141 cm³/mol. The molecule has 1 aromatic heterocycles. The Morgan fingerprint density at radius 3 is 2.35 bits per heavy atom. The number of benzene rings is 3. The summed E-state index contributed by atoms with van der Waals surface area (Å²) in [5.74, 6) is 0.00595. The molecule has 0 atom stereocenters. The van der Waals surface area contributed by atoms with E-state index in [1.807, 2.05) is 47.4 Å². The van der Waals surface area contributed by atoms with Gasteiger partial charge >= 0.3 is 0 Å². The van der Waals surface area contributed by atoms with E-state index >= 15 is 0 Å². The summed E-state index contributed by atoms with van der Waals surface area (Å²) in [4.78, 5) is 22.8. The van der Waals surface area contributed by atoms with E-state index in [-0.39, 0.29) is 5.91 Å². The van der Waals surface area contributed by atoms with Crippen LogP contribution in [0.4, 0.5) is 5.69 Å². The summed E-state index contributed by atoms with van der Waals surface area (Å²) >= 11 is 12.5. The maximum Gasteiger partial charge on any atom is 0.254 e. The number of carbonyl (C=O) groups excluding carboxylic acids is 1. The number of anilines is 1. The van der Waals surface area contributed by atoms with E-state index in [1.165, 1.54) is 5.56 Å². The first kappa shape index (κ1) is 22.7. The van der Waals surface area contributed by atoms with Crippen molar-refractivity contribution in [3.8, 4) is 11.3 Å². The predicted octanol–water partition coefficient (Wildman–Crippen LogP) is 6.79. The molecule has 1 saturated heterocycles. The van der Waals surface area contributed by atoms with Crippen molar-refractivity contribution < 1.29 is 4.79 Å². The Morgan fingerprint density at radius 2 is 1.62 bits per heavy atom. The Morgan fingerprint density at radius 1 is 0.853 bits per heavy atom. The molecule has 1 aliphatic heterocycles. The van der Waals surface area contributed by atoms with Gasteiger partial charge in [0.2, 0.25) is 0 Å². The zero-order chi connectivity index (χ0) is 23.8. The van der Waals surface area contributed by atoms with E-state index in [1.54, 1.807) is 0 Å². The van der Waals surface area contributed by atoms with Crippen LogP contribution in [0.2, 0.25) is 10.0 Å². The number of aryl methyl sites for hydroxylation is 2. The third-order valence-corrected chi connectivity index (χ3v) is 6.87. The van der Waals surface area contributed by atoms with Crippen molar-refractivity contribution in [3.63, 3.8) is 0 Å². The minimum absolute atomic E-state index is 0.00595. The smallest absolute Gasteiger partial charge is 0.254 e. The number of piperazine rings is 1. The number of pyridine rings is 1. The van der Waals surface area contributed by atoms with Crippen LogP contribution in [0.3, 0.4) is 0 Å². The van der Waals surface area contributed by atoms with Crippen molar-refractivity contribution in [1.29, 1.82) is 0 Å². The average molecular weight is 490 g/mol. The zero-order valence-electron chi connectivity index (χ0n) is 19.2. The van der Waals surface area contributed by atoms with Crippen molar-refractivity contribution in [3.05, 3.63) is 93.5 Å². The first-order valence-electron chi connectivity index (χ1n) is 11.4. The summed E-state index contributed by atoms with van der Waals surface area (Å²) in [5.41, 5.74) is 6.65. The summed E-state index contributed by atoms with van der Waals surface area (Å²) in [6.07, 6.45) is 0. The molecule has 1 fully saturated rings. The van der Waals surface area contributed by atoms with E-state index in [9.17, 15) is 4.79 Å². The summed E-state index contributed by atoms with van der Waals surface area (Å²) in [7, 11) is 0. The Kier molecular flexibility index (Phi) is 6.20. The van der Waals surface area contributed by atoms with Gasteiger partial charge in [-0.1, -0.05) is 53.0 Å². The normalized spacial score (nSPS) is 14.0. The van der Waals surface area contributed by atoms with Gasteiger partial charge in [0.05, 0.1) is 16.8 Å². The number of fused-ring (bicyclic) bond motifs is 1. The molecule has 1 amide bonds. The van der Waals surface area contributed by atoms with Crippen LogP contribution >= 0.6 is 23.2 Å². The molecule has 1 aliphatic rings. The van der Waals surface area contributed by atoms with Crippen molar-refractivity contribution in [2.75, 3.05) is 31.1 Å². The van der Waals surface area contributed by atoms with Crippen molar-refractivity contribution in [2.45, 2.75) is 13.8 Å². The molecule has 0 saturated carbocycles. The van der Waals surface area contributed by atoms with Gasteiger partial charge in [0.25, 0.3) is 5.91 Å². The Bertz CT molecular complexity index is 1390. The van der Waals surface area contributed by atoms with Crippen LogP contribution < -0.4 is 4.90 Å². The van der Waals surface area contributed by atoms with Crippen LogP contribution in [0.5, 0.6) is 0 Å². The van der Waals surface area contributed by atoms with Gasteiger partial charge < -0.3 is 9.80 Å². The first-order chi connectivity index (χ1) is 16.4. The van der Waals surface area contributed by atoms with Crippen LogP contribution in [0.1, 0.15) is 21.5 Å². The fraction of sp³-hybridized carbons (Fsp3) is 0.214. The molecule has 3 aromatic carbocycles. The first-order valence-corrected chi connectivity index (χ1v) is 12.1. The van der Waals surface area contributed by atoms with Gasteiger partial charge in [-0.15, -0.1) is 0 Å². The van der Waals surface area contributed by atoms with Crippen LogP contribution in [-0.4, -0.2) is 42.0 Å². The second kappa shape index (κ2) is 9.28. The number of halogens is 2. The Hall–Kier alpha value is -3.08. The molecule has 0 bridgehead atoms. The Labute approximate surface area is 209 Å². The number of hydrogen-bond donors (Lipinski definition) is 0. The van der Waals surface area contributed by atoms with Crippen molar-refractivity contribution in [1.82, 2.24) is 9.88 Å². The van der Waals surface area contributed by atoms with E-state index in [0.717, 1.165) is 51.5 Å². The number of amides is 1. The average Bonchev–Trinajstić information content (AvgIpc) is 2.83. The second-order valence-electron chi connectivity index (χ2n) is 8.79. The highest BCUT2D eigenvalue weighted by Crippen LogP contribution is 2.30. The molecule has 4 nitrogen and oxygen atoms in total.